The van der Waals surface area contributed by atoms with Crippen molar-refractivity contribution >= 4 is 27.3 Å². The maximum atomic E-state index is 5.72. The Morgan fingerprint density at radius 2 is 2.46 bits per heavy atom. The molecule has 1 atom stereocenters. The van der Waals surface area contributed by atoms with Gasteiger partial charge in [0.2, 0.25) is 0 Å². The van der Waals surface area contributed by atoms with Crippen LogP contribution in [0.25, 0.3) is 0 Å². The molecule has 1 unspecified atom stereocenters. The van der Waals surface area contributed by atoms with E-state index in [1.807, 2.05) is 0 Å². The number of nitrogens with two attached hydrogens (primary N) is 1. The lowest BCUT2D eigenvalue weighted by molar-refractivity contribution is 0.546. The number of hydrogen-bond donors (Lipinski definition) is 2. The lowest BCUT2D eigenvalue weighted by Gasteiger charge is -2.14. The number of rotatable bonds is 4. The lowest BCUT2D eigenvalue weighted by Crippen LogP contribution is -2.29. The van der Waals surface area contributed by atoms with Gasteiger partial charge in [0.1, 0.15) is 0 Å². The summed E-state index contributed by atoms with van der Waals surface area (Å²) in [6, 6.07) is 3.22. The third-order valence-electron chi connectivity index (χ3n) is 2.18. The van der Waals surface area contributed by atoms with Gasteiger partial charge in [0, 0.05) is 27.3 Å². The summed E-state index contributed by atoms with van der Waals surface area (Å²) in [5, 5.41) is 5.64. The maximum Gasteiger partial charge on any atom is 0.0541 e. The minimum absolute atomic E-state index is 0.351. The number of halogens is 1. The molecule has 0 saturated heterocycles. The zero-order valence-corrected chi connectivity index (χ0v) is 9.70. The number of thiophene rings is 1. The van der Waals surface area contributed by atoms with Gasteiger partial charge in [-0.05, 0) is 34.8 Å². The fourth-order valence-corrected chi connectivity index (χ4v) is 2.83. The summed E-state index contributed by atoms with van der Waals surface area (Å²) in [6.07, 6.45) is 2.62. The molecule has 4 heteroatoms. The van der Waals surface area contributed by atoms with E-state index in [-0.39, 0.29) is 0 Å². The van der Waals surface area contributed by atoms with Crippen LogP contribution in [-0.4, -0.2) is 12.6 Å². The quantitative estimate of drug-likeness (QED) is 0.872. The SMILES string of the molecule is NCC(NC1CC1)c1cc(Br)cs1. The summed E-state index contributed by atoms with van der Waals surface area (Å²) in [6.45, 7) is 0.684. The van der Waals surface area contributed by atoms with E-state index in [9.17, 15) is 0 Å². The molecule has 72 valence electrons. The normalized spacial score (nSPS) is 18.9. The molecule has 1 aromatic heterocycles. The van der Waals surface area contributed by atoms with Gasteiger partial charge in [0.15, 0.2) is 0 Å². The average molecular weight is 261 g/mol. The molecule has 1 fully saturated rings. The Kier molecular flexibility index (Phi) is 3.03. The van der Waals surface area contributed by atoms with Crippen LogP contribution >= 0.6 is 27.3 Å². The molecule has 1 aromatic rings. The fraction of sp³-hybridized carbons (Fsp3) is 0.556. The van der Waals surface area contributed by atoms with E-state index < -0.39 is 0 Å². The van der Waals surface area contributed by atoms with E-state index in [1.54, 1.807) is 11.3 Å². The van der Waals surface area contributed by atoms with Crippen LogP contribution < -0.4 is 11.1 Å². The zero-order chi connectivity index (χ0) is 9.26. The molecule has 0 spiro atoms. The highest BCUT2D eigenvalue weighted by Crippen LogP contribution is 2.28. The van der Waals surface area contributed by atoms with Crippen molar-refractivity contribution < 1.29 is 0 Å². The van der Waals surface area contributed by atoms with Crippen LogP contribution in [0.15, 0.2) is 15.9 Å². The molecular weight excluding hydrogens is 248 g/mol. The Morgan fingerprint density at radius 3 is 2.92 bits per heavy atom. The Morgan fingerprint density at radius 1 is 1.69 bits per heavy atom. The predicted octanol–water partition coefficient (Wildman–Crippen LogP) is 2.26. The highest BCUT2D eigenvalue weighted by Gasteiger charge is 2.25. The van der Waals surface area contributed by atoms with Gasteiger partial charge < -0.3 is 11.1 Å². The van der Waals surface area contributed by atoms with Gasteiger partial charge >= 0.3 is 0 Å². The van der Waals surface area contributed by atoms with Gasteiger partial charge in [-0.25, -0.2) is 0 Å². The molecule has 3 N–H and O–H groups in total. The molecule has 0 aliphatic heterocycles. The Bertz CT molecular complexity index is 283. The van der Waals surface area contributed by atoms with Crippen molar-refractivity contribution in [3.05, 3.63) is 20.8 Å². The molecule has 1 heterocycles. The van der Waals surface area contributed by atoms with Crippen LogP contribution in [0.1, 0.15) is 23.8 Å². The van der Waals surface area contributed by atoms with E-state index >= 15 is 0 Å². The van der Waals surface area contributed by atoms with Crippen LogP contribution in [0.5, 0.6) is 0 Å². The molecule has 2 nitrogen and oxygen atoms in total. The molecule has 0 amide bonds. The molecule has 0 radical (unpaired) electrons. The summed E-state index contributed by atoms with van der Waals surface area (Å²) in [5.74, 6) is 0. The number of hydrogen-bond acceptors (Lipinski definition) is 3. The van der Waals surface area contributed by atoms with Gasteiger partial charge in [0.25, 0.3) is 0 Å². The Labute approximate surface area is 90.6 Å². The molecule has 2 rings (SSSR count). The summed E-state index contributed by atoms with van der Waals surface area (Å²) in [4.78, 5) is 1.33. The minimum Gasteiger partial charge on any atom is -0.329 e. The molecule has 0 aromatic carbocycles. The van der Waals surface area contributed by atoms with Gasteiger partial charge in [0.05, 0.1) is 6.04 Å². The summed E-state index contributed by atoms with van der Waals surface area (Å²) in [7, 11) is 0. The van der Waals surface area contributed by atoms with E-state index in [4.69, 9.17) is 5.73 Å². The number of nitrogens with one attached hydrogen (secondary N) is 1. The van der Waals surface area contributed by atoms with E-state index in [0.29, 0.717) is 12.6 Å². The highest BCUT2D eigenvalue weighted by molar-refractivity contribution is 9.10. The standard InChI is InChI=1S/C9H13BrN2S/c10-6-3-9(13-5-6)8(4-11)12-7-1-2-7/h3,5,7-8,12H,1-2,4,11H2. The van der Waals surface area contributed by atoms with E-state index in [0.717, 1.165) is 10.5 Å². The zero-order valence-electron chi connectivity index (χ0n) is 7.29. The van der Waals surface area contributed by atoms with Crippen LogP contribution in [-0.2, 0) is 0 Å². The van der Waals surface area contributed by atoms with Crippen molar-refractivity contribution in [2.24, 2.45) is 5.73 Å². The predicted molar refractivity (Wildman–Crippen MR) is 60.0 cm³/mol. The van der Waals surface area contributed by atoms with Gasteiger partial charge in [-0.3, -0.25) is 0 Å². The van der Waals surface area contributed by atoms with Crippen LogP contribution in [0, 0.1) is 0 Å². The van der Waals surface area contributed by atoms with Crippen LogP contribution in [0.3, 0.4) is 0 Å². The van der Waals surface area contributed by atoms with Crippen molar-refractivity contribution in [2.75, 3.05) is 6.54 Å². The Hall–Kier alpha value is 0.1000. The van der Waals surface area contributed by atoms with Crippen LogP contribution in [0.4, 0.5) is 0 Å². The molecule has 1 aliphatic rings. The second-order valence-corrected chi connectivity index (χ2v) is 5.26. The third kappa shape index (κ3) is 2.53. The Balaban J connectivity index is 2.01. The van der Waals surface area contributed by atoms with Crippen molar-refractivity contribution in [2.45, 2.75) is 24.9 Å². The van der Waals surface area contributed by atoms with Gasteiger partial charge in [-0.2, -0.15) is 0 Å². The van der Waals surface area contributed by atoms with Crippen molar-refractivity contribution in [1.29, 1.82) is 0 Å². The van der Waals surface area contributed by atoms with Gasteiger partial charge in [-0.1, -0.05) is 0 Å². The molecular formula is C9H13BrN2S. The first-order valence-corrected chi connectivity index (χ1v) is 6.17. The van der Waals surface area contributed by atoms with Crippen molar-refractivity contribution in [3.8, 4) is 0 Å². The van der Waals surface area contributed by atoms with Crippen molar-refractivity contribution in [1.82, 2.24) is 5.32 Å². The topological polar surface area (TPSA) is 38.0 Å². The first kappa shape index (κ1) is 9.65. The van der Waals surface area contributed by atoms with E-state index in [2.05, 4.69) is 32.7 Å². The summed E-state index contributed by atoms with van der Waals surface area (Å²) < 4.78 is 1.16. The molecule has 13 heavy (non-hydrogen) atoms. The second-order valence-electron chi connectivity index (χ2n) is 3.40. The average Bonchev–Trinajstić information content (AvgIpc) is 2.84. The smallest absolute Gasteiger partial charge is 0.0541 e. The van der Waals surface area contributed by atoms with Crippen LogP contribution in [0.2, 0.25) is 0 Å². The summed E-state index contributed by atoms with van der Waals surface area (Å²) >= 11 is 5.22. The monoisotopic (exact) mass is 260 g/mol. The van der Waals surface area contributed by atoms with E-state index in [1.165, 1.54) is 17.7 Å². The summed E-state index contributed by atoms with van der Waals surface area (Å²) in [5.41, 5.74) is 5.72. The first-order valence-electron chi connectivity index (χ1n) is 4.49. The third-order valence-corrected chi connectivity index (χ3v) is 3.99. The molecule has 1 aliphatic carbocycles. The molecule has 1 saturated carbocycles. The van der Waals surface area contributed by atoms with Crippen molar-refractivity contribution in [3.63, 3.8) is 0 Å². The largest absolute Gasteiger partial charge is 0.329 e. The lowest BCUT2D eigenvalue weighted by atomic mass is 10.2. The fourth-order valence-electron chi connectivity index (χ4n) is 1.31. The highest BCUT2D eigenvalue weighted by atomic mass is 79.9. The minimum atomic E-state index is 0.351. The second kappa shape index (κ2) is 4.09. The first-order chi connectivity index (χ1) is 6.29. The molecule has 0 bridgehead atoms. The van der Waals surface area contributed by atoms with Gasteiger partial charge in [-0.15, -0.1) is 11.3 Å². The maximum absolute atomic E-state index is 5.72.